The second-order valence-electron chi connectivity index (χ2n) is 6.07. The molecule has 1 atom stereocenters. The molecule has 0 saturated carbocycles. The summed E-state index contributed by atoms with van der Waals surface area (Å²) >= 11 is 1.38. The van der Waals surface area contributed by atoms with Crippen LogP contribution in [-0.2, 0) is 27.2 Å². The highest BCUT2D eigenvalue weighted by Crippen LogP contribution is 2.38. The van der Waals surface area contributed by atoms with E-state index in [1.807, 2.05) is 0 Å². The third-order valence-electron chi connectivity index (χ3n) is 4.20. The van der Waals surface area contributed by atoms with Crippen LogP contribution in [0.25, 0.3) is 0 Å². The summed E-state index contributed by atoms with van der Waals surface area (Å²) in [6.45, 7) is 5.88. The molecule has 0 aliphatic heterocycles. The van der Waals surface area contributed by atoms with Crippen molar-refractivity contribution in [2.45, 2.75) is 45.1 Å². The molecule has 8 heteroatoms. The number of carboxylic acid groups (broad SMARTS) is 1. The molecule has 142 valence electrons. The highest BCUT2D eigenvalue weighted by molar-refractivity contribution is 7.17. The fraction of sp³-hybridized carbons (Fsp3) is 0.500. The van der Waals surface area contributed by atoms with Gasteiger partial charge in [-0.2, -0.15) is 0 Å². The fourth-order valence-corrected chi connectivity index (χ4v) is 4.27. The molecule has 1 aliphatic rings. The predicted molar refractivity (Wildman–Crippen MR) is 95.9 cm³/mol. The van der Waals surface area contributed by atoms with E-state index in [-0.39, 0.29) is 13.0 Å². The average Bonchev–Trinajstić information content (AvgIpc) is 2.96. The Morgan fingerprint density at radius 3 is 2.77 bits per heavy atom. The molecule has 2 rings (SSSR count). The van der Waals surface area contributed by atoms with E-state index in [0.717, 1.165) is 36.1 Å². The quantitative estimate of drug-likeness (QED) is 0.463. The van der Waals surface area contributed by atoms with Crippen molar-refractivity contribution in [2.24, 2.45) is 0 Å². The molecule has 1 amide bonds. The minimum absolute atomic E-state index is 0.249. The van der Waals surface area contributed by atoms with Crippen molar-refractivity contribution in [3.05, 3.63) is 28.7 Å². The molecule has 0 radical (unpaired) electrons. The van der Waals surface area contributed by atoms with E-state index in [0.29, 0.717) is 17.1 Å². The van der Waals surface area contributed by atoms with E-state index in [4.69, 9.17) is 4.74 Å². The topological polar surface area (TPSA) is 112 Å². The largest absolute Gasteiger partial charge is 0.544 e. The smallest absolute Gasteiger partial charge is 0.341 e. The van der Waals surface area contributed by atoms with E-state index in [9.17, 15) is 19.5 Å². The van der Waals surface area contributed by atoms with Crippen molar-refractivity contribution in [2.75, 3.05) is 18.5 Å². The Morgan fingerprint density at radius 1 is 1.38 bits per heavy atom. The number of hydrogen-bond donors (Lipinski definition) is 2. The van der Waals surface area contributed by atoms with Crippen molar-refractivity contribution in [1.82, 2.24) is 0 Å². The molecular weight excluding hydrogens is 356 g/mol. The summed E-state index contributed by atoms with van der Waals surface area (Å²) in [6, 6.07) is -1.01. The minimum Gasteiger partial charge on any atom is -0.544 e. The number of thiophene rings is 1. The highest BCUT2D eigenvalue weighted by atomic mass is 32.1. The highest BCUT2D eigenvalue weighted by Gasteiger charge is 2.28. The number of carbonyl (C=O) groups excluding carboxylic acids is 3. The molecule has 0 saturated heterocycles. The Kier molecular flexibility index (Phi) is 7.35. The van der Waals surface area contributed by atoms with Gasteiger partial charge in [-0.1, -0.05) is 6.58 Å². The Morgan fingerprint density at radius 2 is 2.12 bits per heavy atom. The number of rotatable bonds is 9. The van der Waals surface area contributed by atoms with Crippen LogP contribution in [0.15, 0.2) is 12.7 Å². The standard InChI is InChI=1S/C18H24N2O5S/c1-3-9-19-12(17(22)23)10-14(21)20-16-15(18(24)25-4-2)11-7-5-6-8-13(11)26-16/h3,12,19H,1,4-10H2,2H3,(H,20,21)(H,22,23)/t12-/m1/s1. The molecule has 0 unspecified atom stereocenters. The lowest BCUT2D eigenvalue weighted by Crippen LogP contribution is -2.93. The first-order valence-electron chi connectivity index (χ1n) is 8.74. The summed E-state index contributed by atoms with van der Waals surface area (Å²) in [7, 11) is 0. The lowest BCUT2D eigenvalue weighted by molar-refractivity contribution is -0.674. The van der Waals surface area contributed by atoms with Crippen LogP contribution in [0.5, 0.6) is 0 Å². The van der Waals surface area contributed by atoms with Crippen LogP contribution in [0.1, 0.15) is 47.0 Å². The Hall–Kier alpha value is -2.19. The second kappa shape index (κ2) is 9.49. The van der Waals surface area contributed by atoms with Gasteiger partial charge in [-0.3, -0.25) is 4.79 Å². The molecule has 0 fully saturated rings. The maximum absolute atomic E-state index is 12.4. The van der Waals surface area contributed by atoms with Crippen molar-refractivity contribution >= 4 is 34.2 Å². The first-order chi connectivity index (χ1) is 12.5. The first kappa shape index (κ1) is 20.1. The monoisotopic (exact) mass is 380 g/mol. The maximum Gasteiger partial charge on any atom is 0.341 e. The lowest BCUT2D eigenvalue weighted by atomic mass is 9.95. The lowest BCUT2D eigenvalue weighted by Gasteiger charge is -2.15. The number of aryl methyl sites for hydroxylation is 1. The van der Waals surface area contributed by atoms with Crippen molar-refractivity contribution in [3.8, 4) is 0 Å². The average molecular weight is 380 g/mol. The van der Waals surface area contributed by atoms with Crippen molar-refractivity contribution in [3.63, 3.8) is 0 Å². The van der Waals surface area contributed by atoms with E-state index in [2.05, 4.69) is 11.9 Å². The summed E-state index contributed by atoms with van der Waals surface area (Å²) in [5.41, 5.74) is 1.37. The zero-order valence-electron chi connectivity index (χ0n) is 14.8. The molecular formula is C18H24N2O5S. The molecule has 3 N–H and O–H groups in total. The zero-order chi connectivity index (χ0) is 19.1. The van der Waals surface area contributed by atoms with E-state index in [1.165, 1.54) is 16.7 Å². The van der Waals surface area contributed by atoms with Gasteiger partial charge < -0.3 is 25.3 Å². The number of hydrogen-bond acceptors (Lipinski definition) is 6. The van der Waals surface area contributed by atoms with Gasteiger partial charge in [0.1, 0.15) is 11.0 Å². The summed E-state index contributed by atoms with van der Waals surface area (Å²) in [5.74, 6) is -2.22. The summed E-state index contributed by atoms with van der Waals surface area (Å²) < 4.78 is 5.14. The number of anilines is 1. The molecule has 0 aromatic carbocycles. The number of nitrogens with one attached hydrogen (secondary N) is 1. The SMILES string of the molecule is C=CC[NH2+][C@H](CC(=O)Nc1sc2c(c1C(=O)OCC)CCCC2)C(=O)[O-]. The second-order valence-corrected chi connectivity index (χ2v) is 7.18. The Balaban J connectivity index is 2.18. The van der Waals surface area contributed by atoms with Crippen LogP contribution in [0.2, 0.25) is 0 Å². The van der Waals surface area contributed by atoms with Crippen LogP contribution in [0.3, 0.4) is 0 Å². The van der Waals surface area contributed by atoms with Gasteiger partial charge in [0.2, 0.25) is 5.91 Å². The van der Waals surface area contributed by atoms with Crippen molar-refractivity contribution in [1.29, 1.82) is 0 Å². The number of ether oxygens (including phenoxy) is 1. The van der Waals surface area contributed by atoms with Gasteiger partial charge in [0.15, 0.2) is 0 Å². The summed E-state index contributed by atoms with van der Waals surface area (Å²) in [6.07, 6.45) is 5.00. The molecule has 0 spiro atoms. The van der Waals surface area contributed by atoms with Gasteiger partial charge >= 0.3 is 5.97 Å². The van der Waals surface area contributed by atoms with Gasteiger partial charge in [0.25, 0.3) is 0 Å². The zero-order valence-corrected chi connectivity index (χ0v) is 15.7. The number of fused-ring (bicyclic) bond motifs is 1. The molecule has 7 nitrogen and oxygen atoms in total. The van der Waals surface area contributed by atoms with Crippen LogP contribution in [-0.4, -0.2) is 37.0 Å². The number of carboxylic acids is 1. The molecule has 1 aromatic heterocycles. The first-order valence-corrected chi connectivity index (χ1v) is 9.56. The van der Waals surface area contributed by atoms with E-state index in [1.54, 1.807) is 13.0 Å². The van der Waals surface area contributed by atoms with E-state index >= 15 is 0 Å². The Bertz CT molecular complexity index is 698. The summed E-state index contributed by atoms with van der Waals surface area (Å²) in [4.78, 5) is 37.0. The predicted octanol–water partition coefficient (Wildman–Crippen LogP) is 0.000100. The third-order valence-corrected chi connectivity index (χ3v) is 5.41. The van der Waals surface area contributed by atoms with Crippen LogP contribution >= 0.6 is 11.3 Å². The van der Waals surface area contributed by atoms with Gasteiger partial charge in [0, 0.05) is 4.88 Å². The number of aliphatic carboxylic acids is 1. The van der Waals surface area contributed by atoms with E-state index < -0.39 is 23.9 Å². The molecule has 1 aromatic rings. The van der Waals surface area contributed by atoms with Gasteiger partial charge in [0.05, 0.1) is 31.1 Å². The molecule has 1 aliphatic carbocycles. The van der Waals surface area contributed by atoms with Crippen LogP contribution < -0.4 is 15.7 Å². The Labute approximate surface area is 156 Å². The number of esters is 1. The number of amides is 1. The van der Waals surface area contributed by atoms with Crippen LogP contribution in [0, 0.1) is 0 Å². The maximum atomic E-state index is 12.4. The molecule has 1 heterocycles. The van der Waals surface area contributed by atoms with Crippen LogP contribution in [0.4, 0.5) is 5.00 Å². The number of carbonyl (C=O) groups is 3. The minimum atomic E-state index is -1.31. The van der Waals surface area contributed by atoms with Gasteiger partial charge in [-0.05, 0) is 44.2 Å². The molecule has 26 heavy (non-hydrogen) atoms. The number of nitrogens with two attached hydrogens (primary N) is 1. The fourth-order valence-electron chi connectivity index (χ4n) is 2.97. The van der Waals surface area contributed by atoms with Crippen molar-refractivity contribution < 1.29 is 29.5 Å². The normalized spacial score (nSPS) is 14.2. The third kappa shape index (κ3) is 4.92. The van der Waals surface area contributed by atoms with Gasteiger partial charge in [-0.15, -0.1) is 11.3 Å². The summed E-state index contributed by atoms with van der Waals surface area (Å²) in [5, 5.41) is 15.8. The number of quaternary nitrogens is 1. The molecule has 0 bridgehead atoms. The van der Waals surface area contributed by atoms with Gasteiger partial charge in [-0.25, -0.2) is 4.79 Å².